The van der Waals surface area contributed by atoms with Crippen LogP contribution < -0.4 is 16.2 Å². The number of amides is 3. The molecule has 108 valence electrons. The van der Waals surface area contributed by atoms with Crippen LogP contribution in [0, 0.1) is 0 Å². The van der Waals surface area contributed by atoms with Crippen molar-refractivity contribution in [3.05, 3.63) is 34.9 Å². The van der Waals surface area contributed by atoms with E-state index in [9.17, 15) is 14.4 Å². The van der Waals surface area contributed by atoms with E-state index in [0.717, 1.165) is 0 Å². The molecule has 1 aromatic rings. The van der Waals surface area contributed by atoms with Gasteiger partial charge in [-0.15, -0.1) is 0 Å². The maximum atomic E-state index is 11.7. The molecule has 6 nitrogen and oxygen atoms in total. The number of carbonyl (C=O) groups is 3. The third-order valence-corrected chi connectivity index (χ3v) is 2.34. The van der Waals surface area contributed by atoms with Gasteiger partial charge in [0, 0.05) is 16.1 Å². The number of hydrogen-bond donors (Lipinski definition) is 3. The van der Waals surface area contributed by atoms with Gasteiger partial charge in [-0.1, -0.05) is 11.6 Å². The van der Waals surface area contributed by atoms with E-state index in [4.69, 9.17) is 11.6 Å². The zero-order valence-corrected chi connectivity index (χ0v) is 12.2. The molecule has 0 fully saturated rings. The Morgan fingerprint density at radius 3 is 2.00 bits per heavy atom. The highest BCUT2D eigenvalue weighted by molar-refractivity contribution is 6.35. The average molecular weight is 298 g/mol. The summed E-state index contributed by atoms with van der Waals surface area (Å²) < 4.78 is 0. The lowest BCUT2D eigenvalue weighted by Crippen LogP contribution is -2.52. The van der Waals surface area contributed by atoms with Gasteiger partial charge in [-0.2, -0.15) is 0 Å². The van der Waals surface area contributed by atoms with Crippen molar-refractivity contribution in [1.29, 1.82) is 0 Å². The highest BCUT2D eigenvalue weighted by Gasteiger charge is 2.20. The highest BCUT2D eigenvalue weighted by Crippen LogP contribution is 2.08. The van der Waals surface area contributed by atoms with E-state index in [2.05, 4.69) is 10.7 Å². The molecule has 0 heterocycles. The summed E-state index contributed by atoms with van der Waals surface area (Å²) >= 11 is 5.69. The van der Waals surface area contributed by atoms with Crippen molar-refractivity contribution in [3.8, 4) is 0 Å². The highest BCUT2D eigenvalue weighted by atomic mass is 35.5. The van der Waals surface area contributed by atoms with E-state index in [-0.39, 0.29) is 0 Å². The first-order valence-electron chi connectivity index (χ1n) is 5.87. The summed E-state index contributed by atoms with van der Waals surface area (Å²) in [6.07, 6.45) is 0. The molecular formula is C13H16ClN3O3. The van der Waals surface area contributed by atoms with Crippen molar-refractivity contribution in [1.82, 2.24) is 16.2 Å². The lowest BCUT2D eigenvalue weighted by Gasteiger charge is -2.19. The monoisotopic (exact) mass is 297 g/mol. The van der Waals surface area contributed by atoms with Crippen molar-refractivity contribution in [2.75, 3.05) is 0 Å². The molecule has 0 aromatic heterocycles. The van der Waals surface area contributed by atoms with Crippen molar-refractivity contribution >= 4 is 29.3 Å². The minimum Gasteiger partial charge on any atom is -0.343 e. The summed E-state index contributed by atoms with van der Waals surface area (Å²) in [5, 5.41) is 2.97. The molecule has 3 N–H and O–H groups in total. The lowest BCUT2D eigenvalue weighted by atomic mass is 10.1. The van der Waals surface area contributed by atoms with Crippen LogP contribution in [-0.4, -0.2) is 23.3 Å². The third kappa shape index (κ3) is 5.27. The van der Waals surface area contributed by atoms with Gasteiger partial charge in [0.25, 0.3) is 5.91 Å². The predicted molar refractivity (Wildman–Crippen MR) is 75.0 cm³/mol. The van der Waals surface area contributed by atoms with Crippen molar-refractivity contribution in [3.63, 3.8) is 0 Å². The van der Waals surface area contributed by atoms with Crippen LogP contribution in [0.5, 0.6) is 0 Å². The van der Waals surface area contributed by atoms with Crippen LogP contribution in [0.2, 0.25) is 5.02 Å². The van der Waals surface area contributed by atoms with Gasteiger partial charge in [0.1, 0.15) is 0 Å². The molecule has 0 aliphatic rings. The molecule has 0 bridgehead atoms. The zero-order valence-electron chi connectivity index (χ0n) is 11.4. The molecule has 0 radical (unpaired) electrons. The number of hydrogen-bond acceptors (Lipinski definition) is 3. The molecule has 0 saturated carbocycles. The van der Waals surface area contributed by atoms with Crippen molar-refractivity contribution in [2.45, 2.75) is 26.3 Å². The van der Waals surface area contributed by atoms with Gasteiger partial charge in [-0.3, -0.25) is 25.2 Å². The van der Waals surface area contributed by atoms with Crippen LogP contribution in [-0.2, 0) is 9.59 Å². The average Bonchev–Trinajstić information content (AvgIpc) is 2.34. The van der Waals surface area contributed by atoms with Crippen LogP contribution in [0.15, 0.2) is 24.3 Å². The Hall–Kier alpha value is -2.08. The Morgan fingerprint density at radius 2 is 1.50 bits per heavy atom. The second kappa shape index (κ2) is 6.38. The van der Waals surface area contributed by atoms with Gasteiger partial charge < -0.3 is 5.32 Å². The second-order valence-corrected chi connectivity index (χ2v) is 5.56. The Kier molecular flexibility index (Phi) is 5.10. The topological polar surface area (TPSA) is 87.3 Å². The first-order chi connectivity index (χ1) is 9.19. The molecule has 0 aliphatic carbocycles. The molecule has 0 atom stereocenters. The molecule has 20 heavy (non-hydrogen) atoms. The molecule has 0 unspecified atom stereocenters. The van der Waals surface area contributed by atoms with Crippen molar-refractivity contribution in [2.24, 2.45) is 0 Å². The number of halogens is 1. The Bertz CT molecular complexity index is 521. The molecule has 1 rings (SSSR count). The van der Waals surface area contributed by atoms with E-state index >= 15 is 0 Å². The van der Waals surface area contributed by atoms with Crippen molar-refractivity contribution < 1.29 is 14.4 Å². The van der Waals surface area contributed by atoms with E-state index in [1.807, 2.05) is 5.43 Å². The number of hydrazine groups is 1. The number of nitrogens with one attached hydrogen (secondary N) is 3. The van der Waals surface area contributed by atoms with E-state index in [0.29, 0.717) is 10.6 Å². The summed E-state index contributed by atoms with van der Waals surface area (Å²) in [7, 11) is 0. The van der Waals surface area contributed by atoms with Gasteiger partial charge in [0.15, 0.2) is 0 Å². The maximum Gasteiger partial charge on any atom is 0.327 e. The standard InChI is InChI=1S/C13H16ClN3O3/c1-13(2,3)15-11(19)12(20)17-16-10(18)8-4-6-9(14)7-5-8/h4-7H,1-3H3,(H,15,19)(H,16,18)(H,17,20). The summed E-state index contributed by atoms with van der Waals surface area (Å²) in [5.74, 6) is -2.31. The molecule has 1 aromatic carbocycles. The van der Waals surface area contributed by atoms with E-state index < -0.39 is 23.3 Å². The third-order valence-electron chi connectivity index (χ3n) is 2.09. The fourth-order valence-corrected chi connectivity index (χ4v) is 1.37. The number of carbonyl (C=O) groups excluding carboxylic acids is 3. The zero-order chi connectivity index (χ0) is 15.3. The predicted octanol–water partition coefficient (Wildman–Crippen LogP) is 1.02. The fourth-order valence-electron chi connectivity index (χ4n) is 1.24. The minimum absolute atomic E-state index is 0.311. The number of rotatable bonds is 1. The molecule has 0 spiro atoms. The summed E-state index contributed by atoms with van der Waals surface area (Å²) in [6, 6.07) is 6.09. The Morgan fingerprint density at radius 1 is 0.950 bits per heavy atom. The van der Waals surface area contributed by atoms with E-state index in [1.54, 1.807) is 32.9 Å². The van der Waals surface area contributed by atoms with Gasteiger partial charge in [-0.25, -0.2) is 0 Å². The van der Waals surface area contributed by atoms with Gasteiger partial charge in [0.2, 0.25) is 0 Å². The first-order valence-corrected chi connectivity index (χ1v) is 6.25. The quantitative estimate of drug-likeness (QED) is 0.534. The van der Waals surface area contributed by atoms with Gasteiger partial charge in [0.05, 0.1) is 0 Å². The fraction of sp³-hybridized carbons (Fsp3) is 0.308. The van der Waals surface area contributed by atoms with Gasteiger partial charge >= 0.3 is 11.8 Å². The first kappa shape index (κ1) is 16.0. The van der Waals surface area contributed by atoms with E-state index in [1.165, 1.54) is 12.1 Å². The maximum absolute atomic E-state index is 11.7. The summed E-state index contributed by atoms with van der Waals surface area (Å²) in [5.41, 5.74) is 3.95. The Labute approximate surface area is 121 Å². The van der Waals surface area contributed by atoms with Gasteiger partial charge in [-0.05, 0) is 45.0 Å². The number of benzene rings is 1. The summed E-state index contributed by atoms with van der Waals surface area (Å²) in [4.78, 5) is 34.6. The van der Waals surface area contributed by atoms with Crippen LogP contribution in [0.25, 0.3) is 0 Å². The van der Waals surface area contributed by atoms with Crippen LogP contribution in [0.3, 0.4) is 0 Å². The van der Waals surface area contributed by atoms with Crippen LogP contribution in [0.1, 0.15) is 31.1 Å². The van der Waals surface area contributed by atoms with Crippen LogP contribution in [0.4, 0.5) is 0 Å². The Balaban J connectivity index is 2.50. The summed E-state index contributed by atoms with van der Waals surface area (Å²) in [6.45, 7) is 5.22. The molecular weight excluding hydrogens is 282 g/mol. The molecule has 0 saturated heterocycles. The van der Waals surface area contributed by atoms with Crippen LogP contribution >= 0.6 is 11.6 Å². The largest absolute Gasteiger partial charge is 0.343 e. The smallest absolute Gasteiger partial charge is 0.327 e. The molecule has 3 amide bonds. The SMILES string of the molecule is CC(C)(C)NC(=O)C(=O)NNC(=O)c1ccc(Cl)cc1. The molecule has 0 aliphatic heterocycles. The second-order valence-electron chi connectivity index (χ2n) is 5.12. The normalized spacial score (nSPS) is 10.6. The minimum atomic E-state index is -0.942. The lowest BCUT2D eigenvalue weighted by molar-refractivity contribution is -0.140. The molecule has 7 heteroatoms.